The fourth-order valence-corrected chi connectivity index (χ4v) is 6.28. The molecule has 0 aliphatic rings. The predicted octanol–water partition coefficient (Wildman–Crippen LogP) is 5.20. The largest absolute Gasteiger partial charge is 0.492 e. The van der Waals surface area contributed by atoms with E-state index in [9.17, 15) is 22.4 Å². The quantitative estimate of drug-likeness (QED) is 0.210. The number of nitrogens with one attached hydrogen (secondary N) is 1. The van der Waals surface area contributed by atoms with Gasteiger partial charge >= 0.3 is 0 Å². The summed E-state index contributed by atoms with van der Waals surface area (Å²) < 4.78 is 49.9. The zero-order valence-corrected chi connectivity index (χ0v) is 25.5. The first-order chi connectivity index (χ1) is 21.3. The standard InChI is InChI=1S/C34H36FN3O5S/c1-3-36-34(40)31(23-26-15-7-5-8-16-26)37(24-27-17-11-12-20-29(27)35)33(39)25-38(30-21-13-14-22-32(30)43-4-2)44(41,42)28-18-9-6-10-19-28/h5-22,31H,3-4,23-25H2,1-2H3,(H,36,40). The predicted molar refractivity (Wildman–Crippen MR) is 168 cm³/mol. The average molecular weight is 618 g/mol. The van der Waals surface area contributed by atoms with E-state index in [2.05, 4.69) is 5.32 Å². The van der Waals surface area contributed by atoms with Crippen LogP contribution in [0.15, 0.2) is 114 Å². The maximum atomic E-state index is 15.0. The van der Waals surface area contributed by atoms with Gasteiger partial charge in [0.15, 0.2) is 0 Å². The number of carbonyl (C=O) groups excluding carboxylic acids is 2. The molecule has 1 unspecified atom stereocenters. The molecule has 0 spiro atoms. The number of ether oxygens (including phenoxy) is 1. The molecule has 1 atom stereocenters. The van der Waals surface area contributed by atoms with Gasteiger partial charge < -0.3 is 15.0 Å². The molecule has 4 aromatic rings. The van der Waals surface area contributed by atoms with E-state index in [0.717, 1.165) is 9.87 Å². The smallest absolute Gasteiger partial charge is 0.264 e. The average Bonchev–Trinajstić information content (AvgIpc) is 3.04. The Morgan fingerprint density at radius 1 is 0.841 bits per heavy atom. The van der Waals surface area contributed by atoms with Gasteiger partial charge in [-0.1, -0.05) is 78.9 Å². The highest BCUT2D eigenvalue weighted by atomic mass is 32.2. The Kier molecular flexibility index (Phi) is 11.1. The van der Waals surface area contributed by atoms with Crippen molar-refractivity contribution in [1.29, 1.82) is 0 Å². The van der Waals surface area contributed by atoms with Crippen molar-refractivity contribution in [2.24, 2.45) is 0 Å². The van der Waals surface area contributed by atoms with Crippen LogP contribution in [0.25, 0.3) is 0 Å². The zero-order chi connectivity index (χ0) is 31.5. The second-order valence-electron chi connectivity index (χ2n) is 9.94. The Morgan fingerprint density at radius 2 is 1.45 bits per heavy atom. The Morgan fingerprint density at radius 3 is 2.11 bits per heavy atom. The van der Waals surface area contributed by atoms with Gasteiger partial charge in [0.25, 0.3) is 10.0 Å². The molecule has 0 aliphatic heterocycles. The summed E-state index contributed by atoms with van der Waals surface area (Å²) in [5.41, 5.74) is 1.14. The maximum absolute atomic E-state index is 15.0. The monoisotopic (exact) mass is 617 g/mol. The summed E-state index contributed by atoms with van der Waals surface area (Å²) in [6, 6.07) is 28.4. The van der Waals surface area contributed by atoms with Gasteiger partial charge in [0.1, 0.15) is 24.2 Å². The SMILES string of the molecule is CCNC(=O)C(Cc1ccccc1)N(Cc1ccccc1F)C(=O)CN(c1ccccc1OCC)S(=O)(=O)c1ccccc1. The number of nitrogens with zero attached hydrogens (tertiary/aromatic N) is 2. The van der Waals surface area contributed by atoms with Crippen LogP contribution in [0.1, 0.15) is 25.0 Å². The van der Waals surface area contributed by atoms with Crippen LogP contribution >= 0.6 is 0 Å². The molecule has 0 aliphatic carbocycles. The molecule has 4 aromatic carbocycles. The molecule has 8 nitrogen and oxygen atoms in total. The molecule has 0 aromatic heterocycles. The Bertz CT molecular complexity index is 1650. The first-order valence-corrected chi connectivity index (χ1v) is 15.8. The number of rotatable bonds is 14. The van der Waals surface area contributed by atoms with Crippen molar-refractivity contribution in [1.82, 2.24) is 10.2 Å². The molecule has 10 heteroatoms. The summed E-state index contributed by atoms with van der Waals surface area (Å²) >= 11 is 0. The first-order valence-electron chi connectivity index (χ1n) is 14.4. The molecular weight excluding hydrogens is 581 g/mol. The number of amides is 2. The van der Waals surface area contributed by atoms with Gasteiger partial charge in [-0.05, 0) is 49.7 Å². The van der Waals surface area contributed by atoms with Crippen LogP contribution in [0.3, 0.4) is 0 Å². The fraction of sp³-hybridized carbons (Fsp3) is 0.235. The first kappa shape index (κ1) is 32.2. The number of hydrogen-bond donors (Lipinski definition) is 1. The van der Waals surface area contributed by atoms with Gasteiger partial charge in [-0.15, -0.1) is 0 Å². The van der Waals surface area contributed by atoms with E-state index in [4.69, 9.17) is 4.74 Å². The summed E-state index contributed by atoms with van der Waals surface area (Å²) in [6.45, 7) is 3.18. The minimum Gasteiger partial charge on any atom is -0.492 e. The number of hydrogen-bond acceptors (Lipinski definition) is 5. The highest BCUT2D eigenvalue weighted by Gasteiger charge is 2.35. The summed E-state index contributed by atoms with van der Waals surface area (Å²) in [5, 5.41) is 2.79. The van der Waals surface area contributed by atoms with Crippen molar-refractivity contribution in [3.05, 3.63) is 126 Å². The number of para-hydroxylation sites is 2. The molecule has 2 amide bonds. The molecule has 0 heterocycles. The van der Waals surface area contributed by atoms with Crippen molar-refractivity contribution in [3.8, 4) is 5.75 Å². The molecule has 4 rings (SSSR count). The highest BCUT2D eigenvalue weighted by Crippen LogP contribution is 2.33. The van der Waals surface area contributed by atoms with Gasteiger partial charge in [0.05, 0.1) is 17.2 Å². The second kappa shape index (κ2) is 15.2. The third-order valence-corrected chi connectivity index (χ3v) is 8.74. The number of carbonyl (C=O) groups is 2. The number of likely N-dealkylation sites (N-methyl/N-ethyl adjacent to an activating group) is 1. The highest BCUT2D eigenvalue weighted by molar-refractivity contribution is 7.92. The van der Waals surface area contributed by atoms with Gasteiger partial charge in [-0.25, -0.2) is 12.8 Å². The molecule has 0 saturated heterocycles. The fourth-order valence-electron chi connectivity index (χ4n) is 4.83. The topological polar surface area (TPSA) is 96.0 Å². The van der Waals surface area contributed by atoms with Crippen LogP contribution in [0.2, 0.25) is 0 Å². The lowest BCUT2D eigenvalue weighted by Gasteiger charge is -2.34. The molecule has 0 fully saturated rings. The van der Waals surface area contributed by atoms with Crippen LogP contribution in [-0.2, 0) is 32.6 Å². The summed E-state index contributed by atoms with van der Waals surface area (Å²) in [7, 11) is -4.29. The van der Waals surface area contributed by atoms with E-state index >= 15 is 0 Å². The summed E-state index contributed by atoms with van der Waals surface area (Å²) in [4.78, 5) is 29.2. The number of anilines is 1. The molecular formula is C34H36FN3O5S. The lowest BCUT2D eigenvalue weighted by molar-refractivity contribution is -0.140. The van der Waals surface area contributed by atoms with Crippen LogP contribution in [0.4, 0.5) is 10.1 Å². The van der Waals surface area contributed by atoms with Gasteiger partial charge in [0, 0.05) is 25.1 Å². The third kappa shape index (κ3) is 7.82. The lowest BCUT2D eigenvalue weighted by Crippen LogP contribution is -2.53. The van der Waals surface area contributed by atoms with Gasteiger partial charge in [-0.2, -0.15) is 0 Å². The normalized spacial score (nSPS) is 11.8. The van der Waals surface area contributed by atoms with E-state index in [-0.39, 0.29) is 41.5 Å². The van der Waals surface area contributed by atoms with E-state index in [0.29, 0.717) is 6.54 Å². The minimum absolute atomic E-state index is 0.0238. The van der Waals surface area contributed by atoms with Crippen molar-refractivity contribution in [2.45, 2.75) is 37.8 Å². The molecule has 1 N–H and O–H groups in total. The van der Waals surface area contributed by atoms with Crippen molar-refractivity contribution in [3.63, 3.8) is 0 Å². The maximum Gasteiger partial charge on any atom is 0.264 e. The Hall–Kier alpha value is -4.70. The summed E-state index contributed by atoms with van der Waals surface area (Å²) in [5.74, 6) is -1.40. The number of benzene rings is 4. The lowest BCUT2D eigenvalue weighted by atomic mass is 10.0. The minimum atomic E-state index is -4.29. The Labute approximate surface area is 258 Å². The molecule has 0 bridgehead atoms. The van der Waals surface area contributed by atoms with Crippen molar-refractivity contribution in [2.75, 3.05) is 24.0 Å². The Balaban J connectivity index is 1.83. The van der Waals surface area contributed by atoms with E-state index in [1.165, 1.54) is 35.2 Å². The summed E-state index contributed by atoms with van der Waals surface area (Å²) in [6.07, 6.45) is 0.133. The second-order valence-corrected chi connectivity index (χ2v) is 11.8. The molecule has 0 saturated carbocycles. The van der Waals surface area contributed by atoms with Gasteiger partial charge in [-0.3, -0.25) is 13.9 Å². The van der Waals surface area contributed by atoms with E-state index in [1.54, 1.807) is 62.4 Å². The number of sulfonamides is 1. The molecule has 0 radical (unpaired) electrons. The molecule has 230 valence electrons. The molecule has 44 heavy (non-hydrogen) atoms. The van der Waals surface area contributed by atoms with Crippen LogP contribution in [0.5, 0.6) is 5.75 Å². The third-order valence-electron chi connectivity index (χ3n) is 6.96. The van der Waals surface area contributed by atoms with Crippen molar-refractivity contribution >= 4 is 27.5 Å². The van der Waals surface area contributed by atoms with Crippen LogP contribution in [-0.4, -0.2) is 50.9 Å². The van der Waals surface area contributed by atoms with Crippen LogP contribution in [0, 0.1) is 5.82 Å². The van der Waals surface area contributed by atoms with E-state index < -0.39 is 40.2 Å². The zero-order valence-electron chi connectivity index (χ0n) is 24.7. The number of halogens is 1. The van der Waals surface area contributed by atoms with Gasteiger partial charge in [0.2, 0.25) is 11.8 Å². The van der Waals surface area contributed by atoms with Crippen molar-refractivity contribution < 1.29 is 27.1 Å². The van der Waals surface area contributed by atoms with Crippen LogP contribution < -0.4 is 14.4 Å². The van der Waals surface area contributed by atoms with E-state index in [1.807, 2.05) is 30.3 Å².